The van der Waals surface area contributed by atoms with Gasteiger partial charge in [-0.3, -0.25) is 9.59 Å². The Kier molecular flexibility index (Phi) is 4.34. The Morgan fingerprint density at radius 3 is 2.17 bits per heavy atom. The number of carbonyl (C=O) groups excluding carboxylic acids is 1. The van der Waals surface area contributed by atoms with Gasteiger partial charge in [-0.25, -0.2) is 18.1 Å². The van der Waals surface area contributed by atoms with Crippen LogP contribution in [0.25, 0.3) is 16.7 Å². The molecule has 0 aliphatic rings. The molecule has 29 heavy (non-hydrogen) atoms. The van der Waals surface area contributed by atoms with Crippen LogP contribution in [0.3, 0.4) is 0 Å². The molecule has 0 radical (unpaired) electrons. The first-order valence-corrected chi connectivity index (χ1v) is 8.52. The van der Waals surface area contributed by atoms with E-state index in [0.29, 0.717) is 5.69 Å². The number of amides is 1. The average molecular weight is 396 g/mol. The zero-order valence-corrected chi connectivity index (χ0v) is 15.1. The number of benzene rings is 2. The Bertz CT molecular complexity index is 1350. The summed E-state index contributed by atoms with van der Waals surface area (Å²) in [4.78, 5) is 40.7. The second-order valence-electron chi connectivity index (χ2n) is 6.39. The summed E-state index contributed by atoms with van der Waals surface area (Å²) in [6, 6.07) is 10.1. The smallest absolute Gasteiger partial charge is 0.333 e. The largest absolute Gasteiger partial charge is 0.344 e. The van der Waals surface area contributed by atoms with Crippen molar-refractivity contribution in [2.45, 2.75) is 0 Å². The number of anilines is 1. The summed E-state index contributed by atoms with van der Waals surface area (Å²) in [5.74, 6) is -1.52. The predicted octanol–water partition coefficient (Wildman–Crippen LogP) is 2.55. The third-order valence-electron chi connectivity index (χ3n) is 4.45. The molecule has 2 heterocycles. The fourth-order valence-electron chi connectivity index (χ4n) is 3.10. The Labute approximate surface area is 161 Å². The van der Waals surface area contributed by atoms with Crippen molar-refractivity contribution in [2.75, 3.05) is 5.32 Å². The molecule has 0 aliphatic carbocycles. The molecule has 0 saturated carbocycles. The molecule has 0 saturated heterocycles. The van der Waals surface area contributed by atoms with E-state index in [1.165, 1.54) is 47.2 Å². The molecular weight excluding hydrogens is 382 g/mol. The van der Waals surface area contributed by atoms with Gasteiger partial charge in [-0.2, -0.15) is 0 Å². The first kappa shape index (κ1) is 18.4. The Hall–Kier alpha value is -4.01. The summed E-state index contributed by atoms with van der Waals surface area (Å²) < 4.78 is 28.5. The summed E-state index contributed by atoms with van der Waals surface area (Å²) in [7, 11) is 1.56. The van der Waals surface area contributed by atoms with Crippen LogP contribution in [-0.4, -0.2) is 20.0 Å². The highest BCUT2D eigenvalue weighted by Gasteiger charge is 2.20. The molecule has 9 heteroatoms. The van der Waals surface area contributed by atoms with Crippen molar-refractivity contribution in [1.29, 1.82) is 0 Å². The molecule has 0 bridgehead atoms. The number of fused-ring (bicyclic) bond motifs is 1. The number of aryl methyl sites for hydroxylation is 1. The topological polar surface area (TPSA) is 88.9 Å². The summed E-state index contributed by atoms with van der Waals surface area (Å²) in [6.45, 7) is 0. The van der Waals surface area contributed by atoms with Crippen molar-refractivity contribution < 1.29 is 13.6 Å². The van der Waals surface area contributed by atoms with Crippen LogP contribution in [-0.2, 0) is 7.05 Å². The monoisotopic (exact) mass is 396 g/mol. The highest BCUT2D eigenvalue weighted by Crippen LogP contribution is 2.17. The van der Waals surface area contributed by atoms with Crippen molar-refractivity contribution in [3.05, 3.63) is 92.8 Å². The molecule has 4 rings (SSSR count). The maximum absolute atomic E-state index is 13.2. The number of H-pyrrole nitrogens is 1. The van der Waals surface area contributed by atoms with Crippen LogP contribution >= 0.6 is 0 Å². The number of nitrogens with one attached hydrogen (secondary N) is 2. The maximum atomic E-state index is 13.2. The Morgan fingerprint density at radius 2 is 1.55 bits per heavy atom. The minimum atomic E-state index is -0.767. The van der Waals surface area contributed by atoms with E-state index in [4.69, 9.17) is 0 Å². The first-order valence-electron chi connectivity index (χ1n) is 8.52. The quantitative estimate of drug-likeness (QED) is 0.558. The summed E-state index contributed by atoms with van der Waals surface area (Å²) >= 11 is 0. The second-order valence-corrected chi connectivity index (χ2v) is 6.39. The molecule has 1 amide bonds. The number of nitrogens with zero attached hydrogens (tertiary/aromatic N) is 2. The van der Waals surface area contributed by atoms with Gasteiger partial charge in [-0.05, 0) is 48.5 Å². The molecule has 2 aromatic carbocycles. The molecule has 0 unspecified atom stereocenters. The average Bonchev–Trinajstić information content (AvgIpc) is 3.01. The lowest BCUT2D eigenvalue weighted by Gasteiger charge is -2.06. The summed E-state index contributed by atoms with van der Waals surface area (Å²) in [5, 5.41) is 2.59. The second kappa shape index (κ2) is 6.86. The van der Waals surface area contributed by atoms with Crippen LogP contribution in [0, 0.1) is 11.6 Å². The van der Waals surface area contributed by atoms with E-state index in [9.17, 15) is 23.2 Å². The highest BCUT2D eigenvalue weighted by atomic mass is 19.1. The van der Waals surface area contributed by atoms with E-state index in [-0.39, 0.29) is 22.3 Å². The van der Waals surface area contributed by atoms with Gasteiger partial charge in [0.2, 0.25) is 0 Å². The molecule has 0 spiro atoms. The molecule has 0 fully saturated rings. The molecule has 4 aromatic rings. The van der Waals surface area contributed by atoms with E-state index in [1.807, 2.05) is 0 Å². The van der Waals surface area contributed by atoms with E-state index >= 15 is 0 Å². The minimum absolute atomic E-state index is 0.0699. The Morgan fingerprint density at radius 1 is 0.966 bits per heavy atom. The van der Waals surface area contributed by atoms with Gasteiger partial charge in [0, 0.05) is 18.9 Å². The maximum Gasteiger partial charge on any atom is 0.333 e. The van der Waals surface area contributed by atoms with Gasteiger partial charge in [-0.15, -0.1) is 0 Å². The van der Waals surface area contributed by atoms with Crippen molar-refractivity contribution in [3.63, 3.8) is 0 Å². The van der Waals surface area contributed by atoms with Crippen molar-refractivity contribution in [1.82, 2.24) is 14.1 Å². The summed E-state index contributed by atoms with van der Waals surface area (Å²) in [6.07, 6.45) is 1.41. The lowest BCUT2D eigenvalue weighted by Crippen LogP contribution is -2.34. The van der Waals surface area contributed by atoms with Crippen LogP contribution in [0.15, 0.2) is 64.3 Å². The number of carbonyl (C=O) groups is 1. The number of hydrogen-bond acceptors (Lipinski definition) is 3. The number of halogens is 2. The van der Waals surface area contributed by atoms with Crippen LogP contribution in [0.4, 0.5) is 14.5 Å². The Balaban J connectivity index is 1.83. The van der Waals surface area contributed by atoms with Crippen molar-refractivity contribution in [3.8, 4) is 5.69 Å². The van der Waals surface area contributed by atoms with Crippen LogP contribution in [0.2, 0.25) is 0 Å². The minimum Gasteiger partial charge on any atom is -0.344 e. The number of aromatic amines is 1. The molecule has 0 aliphatic heterocycles. The lowest BCUT2D eigenvalue weighted by molar-refractivity contribution is 0.102. The zero-order chi connectivity index (χ0) is 20.7. The molecule has 0 atom stereocenters. The van der Waals surface area contributed by atoms with E-state index in [1.54, 1.807) is 7.05 Å². The van der Waals surface area contributed by atoms with E-state index in [2.05, 4.69) is 10.3 Å². The van der Waals surface area contributed by atoms with E-state index < -0.39 is 28.8 Å². The number of aromatic nitrogens is 3. The van der Waals surface area contributed by atoms with Gasteiger partial charge < -0.3 is 14.9 Å². The molecule has 2 N–H and O–H groups in total. The van der Waals surface area contributed by atoms with Gasteiger partial charge in [0.25, 0.3) is 11.5 Å². The predicted molar refractivity (Wildman–Crippen MR) is 103 cm³/mol. The van der Waals surface area contributed by atoms with E-state index in [0.717, 1.165) is 16.7 Å². The zero-order valence-electron chi connectivity index (χ0n) is 15.1. The molecular formula is C20H14F2N4O3. The van der Waals surface area contributed by atoms with Gasteiger partial charge in [0.15, 0.2) is 0 Å². The van der Waals surface area contributed by atoms with Crippen molar-refractivity contribution >= 4 is 22.6 Å². The third-order valence-corrected chi connectivity index (χ3v) is 4.45. The normalized spacial score (nSPS) is 11.0. The van der Waals surface area contributed by atoms with Crippen LogP contribution in [0.1, 0.15) is 10.4 Å². The van der Waals surface area contributed by atoms with Gasteiger partial charge >= 0.3 is 5.69 Å². The first-order chi connectivity index (χ1) is 13.8. The molecule has 2 aromatic heterocycles. The summed E-state index contributed by atoms with van der Waals surface area (Å²) in [5.41, 5.74) is -0.630. The fraction of sp³-hybridized carbons (Fsp3) is 0.0500. The van der Waals surface area contributed by atoms with Crippen molar-refractivity contribution in [2.24, 2.45) is 7.05 Å². The fourth-order valence-corrected chi connectivity index (χ4v) is 3.10. The third kappa shape index (κ3) is 3.22. The SMILES string of the molecule is Cn1cc(C(=O)Nc2ccc(F)cc2)c2[nH]c(=O)n(-c3ccc(F)cc3)c(=O)c21. The molecule has 146 valence electrons. The van der Waals surface area contributed by atoms with Gasteiger partial charge in [-0.1, -0.05) is 0 Å². The number of rotatable bonds is 3. The van der Waals surface area contributed by atoms with Crippen LogP contribution < -0.4 is 16.6 Å². The molecule has 7 nitrogen and oxygen atoms in total. The van der Waals surface area contributed by atoms with Crippen LogP contribution in [0.5, 0.6) is 0 Å². The highest BCUT2D eigenvalue weighted by molar-refractivity contribution is 6.11. The van der Waals surface area contributed by atoms with Gasteiger partial charge in [0.1, 0.15) is 17.2 Å². The standard InChI is InChI=1S/C20H14F2N4O3/c1-25-10-15(18(27)23-13-6-2-11(21)3-7-13)16-17(25)19(28)26(20(29)24-16)14-8-4-12(22)5-9-14/h2-10H,1H3,(H,23,27)(H,24,29). The number of hydrogen-bond donors (Lipinski definition) is 2. The van der Waals surface area contributed by atoms with Gasteiger partial charge in [0.05, 0.1) is 16.8 Å². The lowest BCUT2D eigenvalue weighted by atomic mass is 10.2.